The molecule has 26 heteroatoms. The van der Waals surface area contributed by atoms with Gasteiger partial charge in [-0.25, -0.2) is 19.4 Å². The third-order valence-corrected chi connectivity index (χ3v) is 13.5. The van der Waals surface area contributed by atoms with Crippen molar-refractivity contribution in [3.8, 4) is 28.6 Å². The lowest BCUT2D eigenvalue weighted by molar-refractivity contribution is -0.271. The molecule has 3 unspecified atom stereocenters. The first-order chi connectivity index (χ1) is 35.9. The Morgan fingerprint density at radius 3 is 2.43 bits per heavy atom. The summed E-state index contributed by atoms with van der Waals surface area (Å²) >= 11 is 0. The molecule has 0 spiro atoms. The molecule has 5 amide bonds. The number of nitrogens with two attached hydrogens (primary N) is 1. The Balaban J connectivity index is 0.979. The maximum atomic E-state index is 14.1. The molecule has 1 saturated heterocycles. The van der Waals surface area contributed by atoms with Gasteiger partial charge in [-0.3, -0.25) is 34.2 Å². The number of imide groups is 1. The SMILES string of the molecule is CCCCc1c2c(nc3cc4c(c(NC(=O)OCc5ccc(OC6OC(C(=O)O)C(O)[C@H](O)[C@@H]6O)c(NC(=O)CCNC(=O)[C@H](CN)N6C(=O)C=CC6=O)c5)c13)OCO4)-c1cc3c(c(=O)n1C2)COC(=O)[C@]3(O)CC. The van der Waals surface area contributed by atoms with Crippen molar-refractivity contribution in [1.29, 1.82) is 0 Å². The molecule has 5 aliphatic heterocycles. The number of hydrogen-bond acceptors (Lipinski definition) is 20. The fourth-order valence-electron chi connectivity index (χ4n) is 9.55. The standard InChI is InChI=1S/C49H51N7O19/c1-3-5-6-22-23-17-55-28(14-25-24(44(55)64)19-70-47(67)49(25,69)4-2)36(23)53-27-15-31-41(73-20-72-31)37(35(22)27)54-48(68)71-18-21-7-8-30(74-46-40(62)38(60)39(61)42(75-46)45(65)66)26(13-21)52-32(57)11-12-51-43(63)29(16-50)56-33(58)9-10-34(56)59/h7-10,13-15,29,38-40,42,46,60-62,69H,3-6,11-12,16-20,50H2,1-2H3,(H,51,63)(H,52,57)(H,54,68)(H,65,66)/t29-,38-,39?,40-,42?,46?,49-/m0/s1. The lowest BCUT2D eigenvalue weighted by Gasteiger charge is -2.38. The number of fused-ring (bicyclic) bond motifs is 6. The summed E-state index contributed by atoms with van der Waals surface area (Å²) in [5.74, 6) is -5.44. The normalized spacial score (nSPS) is 22.5. The minimum absolute atomic E-state index is 0.0439. The van der Waals surface area contributed by atoms with Gasteiger partial charge in [-0.1, -0.05) is 26.3 Å². The van der Waals surface area contributed by atoms with E-state index in [1.54, 1.807) is 19.1 Å². The highest BCUT2D eigenvalue weighted by molar-refractivity contribution is 6.15. The smallest absolute Gasteiger partial charge is 0.412 e. The first kappa shape index (κ1) is 51.9. The van der Waals surface area contributed by atoms with Crippen LogP contribution in [0.1, 0.15) is 67.3 Å². The zero-order valence-electron chi connectivity index (χ0n) is 40.2. The van der Waals surface area contributed by atoms with Crippen LogP contribution in [0.25, 0.3) is 22.3 Å². The third-order valence-electron chi connectivity index (χ3n) is 13.5. The maximum Gasteiger partial charge on any atom is 0.412 e. The summed E-state index contributed by atoms with van der Waals surface area (Å²) in [6.45, 7) is 1.98. The highest BCUT2D eigenvalue weighted by Crippen LogP contribution is 2.49. The molecule has 1 fully saturated rings. The zero-order chi connectivity index (χ0) is 53.6. The van der Waals surface area contributed by atoms with Crippen molar-refractivity contribution >= 4 is 63.9 Å². The van der Waals surface area contributed by atoms with Crippen LogP contribution in [-0.4, -0.2) is 138 Å². The van der Waals surface area contributed by atoms with Crippen LogP contribution in [0.2, 0.25) is 0 Å². The number of aromatic nitrogens is 2. The Hall–Kier alpha value is -8.01. The maximum absolute atomic E-state index is 14.1. The second-order valence-electron chi connectivity index (χ2n) is 18.1. The number of benzene rings is 2. The van der Waals surface area contributed by atoms with Crippen molar-refractivity contribution in [3.05, 3.63) is 80.7 Å². The number of aliphatic hydroxyl groups excluding tert-OH is 3. The number of carboxylic acids is 1. The minimum Gasteiger partial charge on any atom is -0.479 e. The van der Waals surface area contributed by atoms with Gasteiger partial charge in [-0.15, -0.1) is 0 Å². The first-order valence-electron chi connectivity index (χ1n) is 23.8. The minimum atomic E-state index is -2.05. The fraction of sp³-hybridized carbons (Fsp3) is 0.408. The van der Waals surface area contributed by atoms with Crippen LogP contribution in [0.5, 0.6) is 17.2 Å². The number of carbonyl (C=O) groups is 7. The monoisotopic (exact) mass is 1040 g/mol. The van der Waals surface area contributed by atoms with Gasteiger partial charge in [-0.05, 0) is 48.6 Å². The number of cyclic esters (lactones) is 1. The highest BCUT2D eigenvalue weighted by atomic mass is 16.7. The molecule has 2 aromatic heterocycles. The molecule has 4 aromatic rings. The van der Waals surface area contributed by atoms with Gasteiger partial charge in [0.1, 0.15) is 49.0 Å². The Labute approximate surface area is 423 Å². The van der Waals surface area contributed by atoms with Crippen LogP contribution in [0.15, 0.2) is 47.3 Å². The number of amides is 5. The highest BCUT2D eigenvalue weighted by Gasteiger charge is 2.49. The fourth-order valence-corrected chi connectivity index (χ4v) is 9.55. The summed E-state index contributed by atoms with van der Waals surface area (Å²) in [6.07, 6.45) is -7.55. The van der Waals surface area contributed by atoms with E-state index in [-0.39, 0.29) is 78.2 Å². The summed E-state index contributed by atoms with van der Waals surface area (Å²) < 4.78 is 35.1. The first-order valence-corrected chi connectivity index (χ1v) is 23.8. The van der Waals surface area contributed by atoms with E-state index in [0.29, 0.717) is 45.6 Å². The number of unbranched alkanes of at least 4 members (excludes halogenated alkanes) is 1. The molecular formula is C49H51N7O19. The molecule has 0 aliphatic carbocycles. The van der Waals surface area contributed by atoms with Crippen LogP contribution < -0.4 is 41.5 Å². The number of carboxylic acid groups (broad SMARTS) is 1. The van der Waals surface area contributed by atoms with Gasteiger partial charge in [0.2, 0.25) is 24.9 Å². The molecule has 2 aromatic carbocycles. The van der Waals surface area contributed by atoms with E-state index in [9.17, 15) is 63.9 Å². The molecule has 0 saturated carbocycles. The van der Waals surface area contributed by atoms with Gasteiger partial charge in [0, 0.05) is 54.2 Å². The average Bonchev–Trinajstić information content (AvgIpc) is 4.14. The van der Waals surface area contributed by atoms with Gasteiger partial charge in [0.15, 0.2) is 23.2 Å². The molecule has 75 heavy (non-hydrogen) atoms. The Kier molecular flexibility index (Phi) is 14.3. The number of carbonyl (C=O) groups excluding carboxylic acids is 6. The summed E-state index contributed by atoms with van der Waals surface area (Å²) in [5, 5.41) is 60.7. The third kappa shape index (κ3) is 9.46. The number of anilines is 2. The van der Waals surface area contributed by atoms with Gasteiger partial charge in [-0.2, -0.15) is 0 Å². The second kappa shape index (κ2) is 20.7. The lowest BCUT2D eigenvalue weighted by Crippen LogP contribution is -2.61. The van der Waals surface area contributed by atoms with Crippen molar-refractivity contribution in [2.75, 3.05) is 30.5 Å². The molecule has 26 nitrogen and oxygen atoms in total. The number of nitrogens with zero attached hydrogens (tertiary/aromatic N) is 3. The number of aliphatic hydroxyl groups is 4. The zero-order valence-corrected chi connectivity index (χ0v) is 40.2. The number of rotatable bonds is 17. The summed E-state index contributed by atoms with van der Waals surface area (Å²) in [4.78, 5) is 109. The summed E-state index contributed by atoms with van der Waals surface area (Å²) in [6, 6.07) is 5.83. The van der Waals surface area contributed by atoms with Gasteiger partial charge < -0.3 is 74.9 Å². The topological polar surface area (TPSA) is 376 Å². The molecule has 0 radical (unpaired) electrons. The van der Waals surface area contributed by atoms with E-state index in [2.05, 4.69) is 16.0 Å². The number of aliphatic carboxylic acids is 1. The molecule has 0 bridgehead atoms. The summed E-state index contributed by atoms with van der Waals surface area (Å²) in [5.41, 5.74) is 6.28. The predicted molar refractivity (Wildman–Crippen MR) is 255 cm³/mol. The van der Waals surface area contributed by atoms with Crippen LogP contribution in [0.4, 0.5) is 16.2 Å². The van der Waals surface area contributed by atoms with E-state index in [1.165, 1.54) is 22.8 Å². The molecule has 396 valence electrons. The Morgan fingerprint density at radius 2 is 1.72 bits per heavy atom. The van der Waals surface area contributed by atoms with E-state index >= 15 is 0 Å². The number of pyridine rings is 2. The molecule has 7 heterocycles. The lowest BCUT2D eigenvalue weighted by atomic mass is 9.86. The van der Waals surface area contributed by atoms with Gasteiger partial charge >= 0.3 is 18.0 Å². The van der Waals surface area contributed by atoms with E-state index in [0.717, 1.165) is 24.1 Å². The number of nitrogens with one attached hydrogen (secondary N) is 3. The van der Waals surface area contributed by atoms with Crippen molar-refractivity contribution in [2.24, 2.45) is 5.73 Å². The number of aryl methyl sites for hydroxylation is 1. The Bertz CT molecular complexity index is 3140. The predicted octanol–water partition coefficient (Wildman–Crippen LogP) is -0.132. The Morgan fingerprint density at radius 1 is 0.960 bits per heavy atom. The molecule has 7 atom stereocenters. The largest absolute Gasteiger partial charge is 0.479 e. The van der Waals surface area contributed by atoms with Crippen LogP contribution in [-0.2, 0) is 74.8 Å². The quantitative estimate of drug-likeness (QED) is 0.0432. The van der Waals surface area contributed by atoms with Crippen molar-refractivity contribution in [2.45, 2.75) is 108 Å². The van der Waals surface area contributed by atoms with Gasteiger partial charge in [0.25, 0.3) is 17.4 Å². The van der Waals surface area contributed by atoms with Crippen molar-refractivity contribution < 1.29 is 87.5 Å². The van der Waals surface area contributed by atoms with E-state index < -0.39 is 109 Å². The van der Waals surface area contributed by atoms with Crippen molar-refractivity contribution in [3.63, 3.8) is 0 Å². The number of hydrogen-bond donors (Lipinski definition) is 9. The van der Waals surface area contributed by atoms with E-state index in [1.807, 2.05) is 6.92 Å². The molecule has 10 N–H and O–H groups in total. The van der Waals surface area contributed by atoms with Gasteiger partial charge in [0.05, 0.1) is 34.7 Å². The van der Waals surface area contributed by atoms with Crippen molar-refractivity contribution in [1.82, 2.24) is 19.8 Å². The van der Waals surface area contributed by atoms with Crippen LogP contribution >= 0.6 is 0 Å². The van der Waals surface area contributed by atoms with Crippen LogP contribution in [0, 0.1) is 0 Å². The van der Waals surface area contributed by atoms with Crippen LogP contribution in [0.3, 0.4) is 0 Å². The number of esters is 1. The molecular weight excluding hydrogens is 991 g/mol. The molecule has 5 aliphatic rings. The average molecular weight is 1040 g/mol. The number of ether oxygens (including phenoxy) is 6. The van der Waals surface area contributed by atoms with E-state index in [4.69, 9.17) is 39.1 Å². The summed E-state index contributed by atoms with van der Waals surface area (Å²) in [7, 11) is 0. The molecule has 9 rings (SSSR count). The second-order valence-corrected chi connectivity index (χ2v) is 18.1.